The third-order valence-corrected chi connectivity index (χ3v) is 3.96. The molecular weight excluding hydrogens is 342 g/mol. The minimum Gasteiger partial charge on any atom is -0.493 e. The second-order valence-corrected chi connectivity index (χ2v) is 5.85. The number of methoxy groups -OCH3 is 2. The molecule has 0 spiro atoms. The Balaban J connectivity index is 1.97. The molecule has 6 heteroatoms. The molecule has 128 valence electrons. The van der Waals surface area contributed by atoms with E-state index in [-0.39, 0.29) is 11.6 Å². The summed E-state index contributed by atoms with van der Waals surface area (Å²) in [5.74, 6) is 0.671. The van der Waals surface area contributed by atoms with Gasteiger partial charge in [0.15, 0.2) is 17.2 Å². The standard InChI is InChI=1S/C19H16ClNO4/c1-11-4-6-13(7-5-11)18-21-15(19(22)25-18)9-12-8-14(20)17(24-3)16(10-12)23-2/h4-10H,1-3H3/b15-9-. The topological polar surface area (TPSA) is 57.1 Å². The first-order valence-electron chi connectivity index (χ1n) is 7.53. The number of carbonyl (C=O) groups is 1. The minimum absolute atomic E-state index is 0.193. The van der Waals surface area contributed by atoms with Gasteiger partial charge in [-0.05, 0) is 42.8 Å². The van der Waals surface area contributed by atoms with E-state index in [4.69, 9.17) is 25.8 Å². The normalized spacial score (nSPS) is 15.1. The summed E-state index contributed by atoms with van der Waals surface area (Å²) in [7, 11) is 3.02. The van der Waals surface area contributed by atoms with Crippen LogP contribution in [0.3, 0.4) is 0 Å². The molecule has 1 heterocycles. The number of halogens is 1. The van der Waals surface area contributed by atoms with Gasteiger partial charge in [-0.25, -0.2) is 9.79 Å². The number of hydrogen-bond acceptors (Lipinski definition) is 5. The first-order valence-corrected chi connectivity index (χ1v) is 7.90. The molecule has 3 rings (SSSR count). The molecule has 0 saturated carbocycles. The molecule has 0 saturated heterocycles. The van der Waals surface area contributed by atoms with E-state index >= 15 is 0 Å². The van der Waals surface area contributed by atoms with Gasteiger partial charge in [-0.3, -0.25) is 0 Å². The zero-order valence-electron chi connectivity index (χ0n) is 14.0. The Morgan fingerprint density at radius 1 is 1.12 bits per heavy atom. The highest BCUT2D eigenvalue weighted by molar-refractivity contribution is 6.32. The maximum Gasteiger partial charge on any atom is 0.363 e. The van der Waals surface area contributed by atoms with Crippen LogP contribution in [0.15, 0.2) is 47.1 Å². The van der Waals surface area contributed by atoms with Crippen molar-refractivity contribution in [3.63, 3.8) is 0 Å². The highest BCUT2D eigenvalue weighted by Crippen LogP contribution is 2.36. The van der Waals surface area contributed by atoms with Crippen molar-refractivity contribution in [2.45, 2.75) is 6.92 Å². The van der Waals surface area contributed by atoms with Crippen LogP contribution in [0.2, 0.25) is 5.02 Å². The molecule has 0 atom stereocenters. The van der Waals surface area contributed by atoms with Gasteiger partial charge in [0.05, 0.1) is 19.2 Å². The summed E-state index contributed by atoms with van der Waals surface area (Å²) in [5.41, 5.74) is 2.71. The van der Waals surface area contributed by atoms with E-state index < -0.39 is 5.97 Å². The Labute approximate surface area is 150 Å². The van der Waals surface area contributed by atoms with Crippen molar-refractivity contribution in [2.24, 2.45) is 4.99 Å². The summed E-state index contributed by atoms with van der Waals surface area (Å²) in [6.07, 6.45) is 1.59. The van der Waals surface area contributed by atoms with E-state index in [2.05, 4.69) is 4.99 Å². The van der Waals surface area contributed by atoms with Crippen molar-refractivity contribution in [1.82, 2.24) is 0 Å². The number of cyclic esters (lactones) is 1. The van der Waals surface area contributed by atoms with Gasteiger partial charge in [0.1, 0.15) is 0 Å². The van der Waals surface area contributed by atoms with Crippen LogP contribution in [0.25, 0.3) is 6.08 Å². The molecule has 0 unspecified atom stereocenters. The molecular formula is C19H16ClNO4. The lowest BCUT2D eigenvalue weighted by Crippen LogP contribution is -2.05. The second kappa shape index (κ2) is 6.99. The van der Waals surface area contributed by atoms with Crippen molar-refractivity contribution in [3.8, 4) is 11.5 Å². The smallest absolute Gasteiger partial charge is 0.363 e. The number of ether oxygens (including phenoxy) is 3. The van der Waals surface area contributed by atoms with Crippen LogP contribution in [0.4, 0.5) is 0 Å². The summed E-state index contributed by atoms with van der Waals surface area (Å²) < 4.78 is 15.7. The summed E-state index contributed by atoms with van der Waals surface area (Å²) in [6, 6.07) is 11.0. The first kappa shape index (κ1) is 17.0. The van der Waals surface area contributed by atoms with Gasteiger partial charge in [0.2, 0.25) is 5.90 Å². The molecule has 0 bridgehead atoms. The summed E-state index contributed by atoms with van der Waals surface area (Å²) >= 11 is 6.19. The Bertz CT molecular complexity index is 885. The van der Waals surface area contributed by atoms with Gasteiger partial charge >= 0.3 is 5.97 Å². The molecule has 2 aromatic carbocycles. The van der Waals surface area contributed by atoms with E-state index in [0.717, 1.165) is 11.1 Å². The zero-order chi connectivity index (χ0) is 18.0. The molecule has 25 heavy (non-hydrogen) atoms. The largest absolute Gasteiger partial charge is 0.493 e. The first-order chi connectivity index (χ1) is 12.0. The molecule has 0 N–H and O–H groups in total. The Kier molecular flexibility index (Phi) is 4.76. The van der Waals surface area contributed by atoms with Crippen molar-refractivity contribution in [3.05, 3.63) is 63.8 Å². The number of benzene rings is 2. The summed E-state index contributed by atoms with van der Waals surface area (Å²) in [5, 5.41) is 0.378. The summed E-state index contributed by atoms with van der Waals surface area (Å²) in [6.45, 7) is 1.98. The van der Waals surface area contributed by atoms with Crippen LogP contribution >= 0.6 is 11.6 Å². The zero-order valence-corrected chi connectivity index (χ0v) is 14.8. The number of carbonyl (C=O) groups excluding carboxylic acids is 1. The van der Waals surface area contributed by atoms with E-state index in [9.17, 15) is 4.79 Å². The van der Waals surface area contributed by atoms with Gasteiger partial charge in [0, 0.05) is 5.56 Å². The van der Waals surface area contributed by atoms with Gasteiger partial charge in [-0.2, -0.15) is 0 Å². The van der Waals surface area contributed by atoms with Crippen LogP contribution in [0, 0.1) is 6.92 Å². The van der Waals surface area contributed by atoms with Crippen molar-refractivity contribution < 1.29 is 19.0 Å². The molecule has 0 aromatic heterocycles. The van der Waals surface area contributed by atoms with Gasteiger partial charge in [-0.15, -0.1) is 0 Å². The fraction of sp³-hybridized carbons (Fsp3) is 0.158. The third-order valence-electron chi connectivity index (χ3n) is 3.68. The highest BCUT2D eigenvalue weighted by Gasteiger charge is 2.24. The van der Waals surface area contributed by atoms with E-state index in [0.29, 0.717) is 22.1 Å². The number of nitrogens with zero attached hydrogens (tertiary/aromatic N) is 1. The quantitative estimate of drug-likeness (QED) is 0.612. The second-order valence-electron chi connectivity index (χ2n) is 5.44. The van der Waals surface area contributed by atoms with Crippen LogP contribution in [-0.2, 0) is 9.53 Å². The molecule has 1 aliphatic rings. The molecule has 2 aromatic rings. The molecule has 5 nitrogen and oxygen atoms in total. The van der Waals surface area contributed by atoms with Gasteiger partial charge in [-0.1, -0.05) is 29.3 Å². The van der Waals surface area contributed by atoms with Crippen molar-refractivity contribution in [1.29, 1.82) is 0 Å². The highest BCUT2D eigenvalue weighted by atomic mass is 35.5. The van der Waals surface area contributed by atoms with Crippen LogP contribution in [0.1, 0.15) is 16.7 Å². The average molecular weight is 358 g/mol. The van der Waals surface area contributed by atoms with Crippen molar-refractivity contribution in [2.75, 3.05) is 14.2 Å². The number of aryl methyl sites for hydroxylation is 1. The lowest BCUT2D eigenvalue weighted by atomic mass is 10.1. The molecule has 0 fully saturated rings. The summed E-state index contributed by atoms with van der Waals surface area (Å²) in [4.78, 5) is 16.4. The van der Waals surface area contributed by atoms with Gasteiger partial charge < -0.3 is 14.2 Å². The Morgan fingerprint density at radius 3 is 2.48 bits per heavy atom. The fourth-order valence-corrected chi connectivity index (χ4v) is 2.70. The predicted octanol–water partition coefficient (Wildman–Crippen LogP) is 4.01. The molecule has 1 aliphatic heterocycles. The lowest BCUT2D eigenvalue weighted by molar-refractivity contribution is -0.129. The number of aliphatic imine (C=N–C) groups is 1. The van der Waals surface area contributed by atoms with E-state index in [1.165, 1.54) is 14.2 Å². The number of hydrogen-bond donors (Lipinski definition) is 0. The SMILES string of the molecule is COc1cc(/C=C2\N=C(c3ccc(C)cc3)OC2=O)cc(Cl)c1OC. The lowest BCUT2D eigenvalue weighted by Gasteiger charge is -2.10. The van der Waals surface area contributed by atoms with E-state index in [1.807, 2.05) is 31.2 Å². The minimum atomic E-state index is -0.513. The number of rotatable bonds is 4. The Hall–Kier alpha value is -2.79. The molecule has 0 radical (unpaired) electrons. The van der Waals surface area contributed by atoms with E-state index in [1.54, 1.807) is 18.2 Å². The predicted molar refractivity (Wildman–Crippen MR) is 96.3 cm³/mol. The molecule has 0 amide bonds. The maximum atomic E-state index is 12.1. The molecule has 0 aliphatic carbocycles. The van der Waals surface area contributed by atoms with Crippen LogP contribution < -0.4 is 9.47 Å². The number of esters is 1. The van der Waals surface area contributed by atoms with Gasteiger partial charge in [0.25, 0.3) is 0 Å². The fourth-order valence-electron chi connectivity index (χ4n) is 2.41. The Morgan fingerprint density at radius 2 is 1.84 bits per heavy atom. The average Bonchev–Trinajstić information content (AvgIpc) is 2.95. The van der Waals surface area contributed by atoms with Crippen LogP contribution in [-0.4, -0.2) is 26.1 Å². The maximum absolute atomic E-state index is 12.1. The van der Waals surface area contributed by atoms with Crippen molar-refractivity contribution >= 4 is 29.5 Å². The monoisotopic (exact) mass is 357 g/mol. The van der Waals surface area contributed by atoms with Crippen LogP contribution in [0.5, 0.6) is 11.5 Å². The third kappa shape index (κ3) is 3.51.